The molecule has 1 aromatic carbocycles. The van der Waals surface area contributed by atoms with E-state index in [0.717, 1.165) is 11.3 Å². The third-order valence-electron chi connectivity index (χ3n) is 2.75. The van der Waals surface area contributed by atoms with E-state index in [1.807, 2.05) is 35.0 Å². The van der Waals surface area contributed by atoms with Gasteiger partial charge in [-0.1, -0.05) is 12.1 Å². The van der Waals surface area contributed by atoms with Gasteiger partial charge in [0, 0.05) is 31.6 Å². The highest BCUT2D eigenvalue weighted by Crippen LogP contribution is 2.13. The van der Waals surface area contributed by atoms with Crippen LogP contribution in [0.4, 0.5) is 0 Å². The fraction of sp³-hybridized carbons (Fsp3) is 0.200. The third kappa shape index (κ3) is 4.28. The highest BCUT2D eigenvalue weighted by Gasteiger charge is 1.96. The number of rotatable bonds is 6. The number of carbonyl (C=O) groups excluding carboxylic acids is 1. The molecule has 104 valence electrons. The molecule has 0 bridgehead atoms. The number of carbonyl (C=O) groups is 1. The first-order valence-corrected chi connectivity index (χ1v) is 6.33. The van der Waals surface area contributed by atoms with Gasteiger partial charge in [-0.3, -0.25) is 4.79 Å². The summed E-state index contributed by atoms with van der Waals surface area (Å²) in [5, 5.41) is 2.81. The number of hydrogen-bond donors (Lipinski definition) is 1. The standard InChI is InChI=1S/C15H17N3O2/c1-20-14-4-2-3-13(11-14)5-6-15(19)17-8-10-18-9-7-16-12-18/h2-7,9,11-12H,8,10H2,1H3,(H,17,19). The van der Waals surface area contributed by atoms with Crippen LogP contribution in [0.1, 0.15) is 5.56 Å². The molecule has 1 amide bonds. The van der Waals surface area contributed by atoms with Crippen molar-refractivity contribution in [2.45, 2.75) is 6.54 Å². The summed E-state index contributed by atoms with van der Waals surface area (Å²) in [7, 11) is 1.62. The summed E-state index contributed by atoms with van der Waals surface area (Å²) in [5.74, 6) is 0.653. The van der Waals surface area contributed by atoms with E-state index in [1.54, 1.807) is 25.7 Å². The van der Waals surface area contributed by atoms with Crippen LogP contribution >= 0.6 is 0 Å². The zero-order valence-corrected chi connectivity index (χ0v) is 11.3. The predicted molar refractivity (Wildman–Crippen MR) is 77.3 cm³/mol. The average molecular weight is 271 g/mol. The Labute approximate surface area is 117 Å². The van der Waals surface area contributed by atoms with E-state index in [2.05, 4.69) is 10.3 Å². The molecule has 0 aliphatic rings. The van der Waals surface area contributed by atoms with Crippen molar-refractivity contribution in [1.29, 1.82) is 0 Å². The molecule has 0 spiro atoms. The second-order valence-electron chi connectivity index (χ2n) is 4.20. The number of benzene rings is 1. The number of hydrogen-bond acceptors (Lipinski definition) is 3. The molecule has 0 fully saturated rings. The molecule has 0 aliphatic heterocycles. The van der Waals surface area contributed by atoms with Gasteiger partial charge in [-0.2, -0.15) is 0 Å². The SMILES string of the molecule is COc1cccc(C=CC(=O)NCCn2ccnc2)c1. The van der Waals surface area contributed by atoms with E-state index in [9.17, 15) is 4.79 Å². The highest BCUT2D eigenvalue weighted by molar-refractivity contribution is 5.91. The van der Waals surface area contributed by atoms with Crippen LogP contribution in [0.2, 0.25) is 0 Å². The lowest BCUT2D eigenvalue weighted by Crippen LogP contribution is -2.25. The Hall–Kier alpha value is -2.56. The quantitative estimate of drug-likeness (QED) is 0.814. The van der Waals surface area contributed by atoms with Crippen LogP contribution in [0.15, 0.2) is 49.1 Å². The van der Waals surface area contributed by atoms with Crippen molar-refractivity contribution in [2.75, 3.05) is 13.7 Å². The first-order valence-electron chi connectivity index (χ1n) is 6.33. The minimum Gasteiger partial charge on any atom is -0.497 e. The van der Waals surface area contributed by atoms with E-state index < -0.39 is 0 Å². The lowest BCUT2D eigenvalue weighted by atomic mass is 10.2. The van der Waals surface area contributed by atoms with Crippen LogP contribution in [0, 0.1) is 0 Å². The lowest BCUT2D eigenvalue weighted by molar-refractivity contribution is -0.116. The van der Waals surface area contributed by atoms with E-state index in [4.69, 9.17) is 4.74 Å². The molecule has 1 N–H and O–H groups in total. The van der Waals surface area contributed by atoms with Gasteiger partial charge in [0.1, 0.15) is 5.75 Å². The summed E-state index contributed by atoms with van der Waals surface area (Å²) >= 11 is 0. The summed E-state index contributed by atoms with van der Waals surface area (Å²) in [5.41, 5.74) is 0.925. The van der Waals surface area contributed by atoms with Gasteiger partial charge in [0.25, 0.3) is 0 Å². The van der Waals surface area contributed by atoms with Crippen molar-refractivity contribution in [3.63, 3.8) is 0 Å². The molecule has 0 saturated heterocycles. The van der Waals surface area contributed by atoms with E-state index in [-0.39, 0.29) is 5.91 Å². The Balaban J connectivity index is 1.79. The summed E-state index contributed by atoms with van der Waals surface area (Å²) in [6.07, 6.45) is 8.57. The van der Waals surface area contributed by atoms with Gasteiger partial charge < -0.3 is 14.6 Å². The van der Waals surface area contributed by atoms with Gasteiger partial charge in [0.15, 0.2) is 0 Å². The van der Waals surface area contributed by atoms with Gasteiger partial charge in [0.2, 0.25) is 5.91 Å². The Morgan fingerprint density at radius 3 is 3.15 bits per heavy atom. The van der Waals surface area contributed by atoms with E-state index in [0.29, 0.717) is 13.1 Å². The largest absolute Gasteiger partial charge is 0.497 e. The molecule has 2 aromatic rings. The number of amides is 1. The van der Waals surface area contributed by atoms with Crippen molar-refractivity contribution in [3.8, 4) is 5.75 Å². The van der Waals surface area contributed by atoms with Crippen molar-refractivity contribution < 1.29 is 9.53 Å². The fourth-order valence-electron chi connectivity index (χ4n) is 1.70. The summed E-state index contributed by atoms with van der Waals surface area (Å²) in [6.45, 7) is 1.27. The number of methoxy groups -OCH3 is 1. The molecular formula is C15H17N3O2. The van der Waals surface area contributed by atoms with E-state index >= 15 is 0 Å². The van der Waals surface area contributed by atoms with Crippen LogP contribution in [0.25, 0.3) is 6.08 Å². The molecule has 1 aromatic heterocycles. The number of nitrogens with zero attached hydrogens (tertiary/aromatic N) is 2. The normalized spacial score (nSPS) is 10.7. The van der Waals surface area contributed by atoms with Crippen LogP contribution in [0.5, 0.6) is 5.75 Å². The van der Waals surface area contributed by atoms with E-state index in [1.165, 1.54) is 6.08 Å². The van der Waals surface area contributed by atoms with Crippen LogP contribution < -0.4 is 10.1 Å². The maximum absolute atomic E-state index is 11.6. The summed E-state index contributed by atoms with van der Waals surface area (Å²) in [4.78, 5) is 15.6. The third-order valence-corrected chi connectivity index (χ3v) is 2.75. The van der Waals surface area contributed by atoms with Crippen LogP contribution in [-0.4, -0.2) is 29.1 Å². The molecule has 2 rings (SSSR count). The molecule has 5 heteroatoms. The Morgan fingerprint density at radius 2 is 2.40 bits per heavy atom. The topological polar surface area (TPSA) is 56.1 Å². The molecule has 0 aliphatic carbocycles. The summed E-state index contributed by atoms with van der Waals surface area (Å²) < 4.78 is 7.03. The molecule has 20 heavy (non-hydrogen) atoms. The molecule has 0 unspecified atom stereocenters. The Morgan fingerprint density at radius 1 is 1.50 bits per heavy atom. The molecule has 0 radical (unpaired) electrons. The van der Waals surface area contributed by atoms with Gasteiger partial charge in [0.05, 0.1) is 13.4 Å². The zero-order chi connectivity index (χ0) is 14.2. The first-order chi connectivity index (χ1) is 9.78. The molecule has 5 nitrogen and oxygen atoms in total. The lowest BCUT2D eigenvalue weighted by Gasteiger charge is -2.03. The smallest absolute Gasteiger partial charge is 0.244 e. The second-order valence-corrected chi connectivity index (χ2v) is 4.20. The van der Waals surface area contributed by atoms with Crippen molar-refractivity contribution in [2.24, 2.45) is 0 Å². The van der Waals surface area contributed by atoms with Gasteiger partial charge in [-0.05, 0) is 23.8 Å². The predicted octanol–water partition coefficient (Wildman–Crippen LogP) is 1.72. The summed E-state index contributed by atoms with van der Waals surface area (Å²) in [6, 6.07) is 7.53. The number of ether oxygens (including phenoxy) is 1. The van der Waals surface area contributed by atoms with Gasteiger partial charge in [-0.15, -0.1) is 0 Å². The number of nitrogens with one attached hydrogen (secondary N) is 1. The average Bonchev–Trinajstić information content (AvgIpc) is 2.98. The number of imidazole rings is 1. The fourth-order valence-corrected chi connectivity index (χ4v) is 1.70. The van der Waals surface area contributed by atoms with Crippen molar-refractivity contribution >= 4 is 12.0 Å². The minimum absolute atomic E-state index is 0.118. The molecule has 1 heterocycles. The zero-order valence-electron chi connectivity index (χ0n) is 11.3. The Kier molecular flexibility index (Phi) is 4.94. The van der Waals surface area contributed by atoms with Gasteiger partial charge >= 0.3 is 0 Å². The Bertz CT molecular complexity index is 577. The minimum atomic E-state index is -0.118. The maximum atomic E-state index is 11.6. The first kappa shape index (κ1) is 13.9. The maximum Gasteiger partial charge on any atom is 0.244 e. The molecule has 0 atom stereocenters. The van der Waals surface area contributed by atoms with Gasteiger partial charge in [-0.25, -0.2) is 4.98 Å². The highest BCUT2D eigenvalue weighted by atomic mass is 16.5. The monoisotopic (exact) mass is 271 g/mol. The second kappa shape index (κ2) is 7.13. The molecular weight excluding hydrogens is 254 g/mol. The van der Waals surface area contributed by atoms with Crippen LogP contribution in [0.3, 0.4) is 0 Å². The van der Waals surface area contributed by atoms with Crippen molar-refractivity contribution in [3.05, 3.63) is 54.6 Å². The number of aromatic nitrogens is 2. The van der Waals surface area contributed by atoms with Crippen LogP contribution in [-0.2, 0) is 11.3 Å². The molecule has 0 saturated carbocycles. The van der Waals surface area contributed by atoms with Crippen molar-refractivity contribution in [1.82, 2.24) is 14.9 Å².